The van der Waals surface area contributed by atoms with Gasteiger partial charge in [-0.25, -0.2) is 13.0 Å². The first-order valence-electron chi connectivity index (χ1n) is 7.21. The summed E-state index contributed by atoms with van der Waals surface area (Å²) in [5.74, 6) is 0. The molecular formula is C18H21NO6S. The summed E-state index contributed by atoms with van der Waals surface area (Å²) in [7, 11) is -1.61. The van der Waals surface area contributed by atoms with Crippen LogP contribution in [0.25, 0.3) is 12.2 Å². The topological polar surface area (TPSA) is 108 Å². The van der Waals surface area contributed by atoms with Gasteiger partial charge in [-0.05, 0) is 11.1 Å². The summed E-state index contributed by atoms with van der Waals surface area (Å²) < 4.78 is 33.0. The van der Waals surface area contributed by atoms with Crippen LogP contribution < -0.4 is 4.57 Å². The van der Waals surface area contributed by atoms with Crippen molar-refractivity contribution in [2.75, 3.05) is 7.11 Å². The second kappa shape index (κ2) is 12.5. The van der Waals surface area contributed by atoms with E-state index in [1.54, 1.807) is 0 Å². The zero-order valence-corrected chi connectivity index (χ0v) is 15.3. The Morgan fingerprint density at radius 2 is 1.38 bits per heavy atom. The fourth-order valence-corrected chi connectivity index (χ4v) is 1.50. The molecule has 1 heterocycles. The first kappa shape index (κ1) is 23.2. The van der Waals surface area contributed by atoms with E-state index in [-0.39, 0.29) is 0 Å². The Morgan fingerprint density at radius 1 is 1.04 bits per heavy atom. The van der Waals surface area contributed by atoms with Gasteiger partial charge in [-0.15, -0.1) is 0 Å². The van der Waals surface area contributed by atoms with Gasteiger partial charge in [0.2, 0.25) is 10.4 Å². The molecule has 1 aromatic carbocycles. The normalized spacial score (nSPS) is 10.1. The second-order valence-electron chi connectivity index (χ2n) is 4.67. The molecule has 0 aliphatic heterocycles. The average Bonchev–Trinajstić information content (AvgIpc) is 2.62. The molecule has 26 heavy (non-hydrogen) atoms. The van der Waals surface area contributed by atoms with Crippen molar-refractivity contribution in [1.29, 1.82) is 0 Å². The van der Waals surface area contributed by atoms with E-state index in [1.165, 1.54) is 0 Å². The predicted octanol–water partition coefficient (Wildman–Crippen LogP) is 2.27. The van der Waals surface area contributed by atoms with E-state index in [4.69, 9.17) is 5.11 Å². The number of carbonyl (C=O) groups excluding carboxylic acids is 1. The first-order chi connectivity index (χ1) is 12.3. The Balaban J connectivity index is 0.000000584. The van der Waals surface area contributed by atoms with E-state index >= 15 is 0 Å². The van der Waals surface area contributed by atoms with E-state index in [9.17, 15) is 17.8 Å². The van der Waals surface area contributed by atoms with E-state index in [1.807, 2.05) is 54.3 Å². The van der Waals surface area contributed by atoms with Gasteiger partial charge in [0.25, 0.3) is 0 Å². The zero-order valence-electron chi connectivity index (χ0n) is 14.5. The number of aldehydes is 1. The predicted molar refractivity (Wildman–Crippen MR) is 97.9 cm³/mol. The lowest BCUT2D eigenvalue weighted by molar-refractivity contribution is -0.671. The SMILES string of the molecule is C=CO.COS(=O)(=O)[O-].C[n+]1ccc(/C=C/c2ccc(C=O)cc2)cc1. The number of hydrogen-bond donors (Lipinski definition) is 1. The molecule has 2 rings (SSSR count). The quantitative estimate of drug-likeness (QED) is 0.287. The minimum absolute atomic E-state index is 0.703. The largest absolute Gasteiger partial charge is 0.726 e. The van der Waals surface area contributed by atoms with Crippen molar-refractivity contribution in [3.05, 3.63) is 78.3 Å². The molecule has 140 valence electrons. The summed E-state index contributed by atoms with van der Waals surface area (Å²) >= 11 is 0. The maximum Gasteiger partial charge on any atom is 0.217 e. The van der Waals surface area contributed by atoms with Crippen molar-refractivity contribution in [3.8, 4) is 0 Å². The molecule has 0 aliphatic carbocycles. The number of aliphatic hydroxyl groups is 1. The number of aliphatic hydroxyl groups excluding tert-OH is 1. The third-order valence-electron chi connectivity index (χ3n) is 2.75. The maximum atomic E-state index is 10.5. The van der Waals surface area contributed by atoms with Crippen LogP contribution in [0.1, 0.15) is 21.5 Å². The second-order valence-corrected chi connectivity index (χ2v) is 5.82. The molecule has 0 saturated carbocycles. The molecule has 0 atom stereocenters. The summed E-state index contributed by atoms with van der Waals surface area (Å²) in [5.41, 5.74) is 2.94. The molecule has 0 bridgehead atoms. The van der Waals surface area contributed by atoms with E-state index in [2.05, 4.69) is 29.0 Å². The maximum absolute atomic E-state index is 10.5. The molecule has 0 fully saturated rings. The number of aromatic nitrogens is 1. The van der Waals surface area contributed by atoms with Crippen molar-refractivity contribution in [2.24, 2.45) is 7.05 Å². The molecule has 0 amide bonds. The zero-order chi connectivity index (χ0) is 20.0. The van der Waals surface area contributed by atoms with Crippen LogP contribution in [-0.2, 0) is 21.6 Å². The number of benzene rings is 1. The highest BCUT2D eigenvalue weighted by Crippen LogP contribution is 2.08. The van der Waals surface area contributed by atoms with Crippen molar-refractivity contribution in [2.45, 2.75) is 0 Å². The highest BCUT2D eigenvalue weighted by Gasteiger charge is 1.92. The lowest BCUT2D eigenvalue weighted by atomic mass is 10.1. The number of aryl methyl sites for hydroxylation is 1. The van der Waals surface area contributed by atoms with Gasteiger partial charge in [-0.2, -0.15) is 0 Å². The number of pyridine rings is 1. The number of rotatable bonds is 4. The van der Waals surface area contributed by atoms with Gasteiger partial charge in [0, 0.05) is 17.7 Å². The van der Waals surface area contributed by atoms with Crippen LogP contribution in [0.3, 0.4) is 0 Å². The van der Waals surface area contributed by atoms with Gasteiger partial charge in [-0.1, -0.05) is 43.0 Å². The van der Waals surface area contributed by atoms with Crippen LogP contribution in [0.5, 0.6) is 0 Å². The molecular weight excluding hydrogens is 358 g/mol. The van der Waals surface area contributed by atoms with Crippen LogP contribution in [0.15, 0.2) is 61.6 Å². The standard InChI is InChI=1S/C15H14NO.C2H4O.CH4O4S/c1-16-10-8-14(9-11-16)3-2-13-4-6-15(12-17)7-5-13;1-2-3;1-5-6(2,3)4/h2-12H,1H3;2-3H,1H2;1H3,(H,2,3,4)/q+1;;/p-1/b3-2+;;. The molecule has 0 saturated heterocycles. The van der Waals surface area contributed by atoms with E-state index < -0.39 is 10.4 Å². The Morgan fingerprint density at radius 3 is 1.73 bits per heavy atom. The van der Waals surface area contributed by atoms with E-state index in [0.29, 0.717) is 5.56 Å². The van der Waals surface area contributed by atoms with Gasteiger partial charge < -0.3 is 9.66 Å². The van der Waals surface area contributed by atoms with Crippen molar-refractivity contribution in [1.82, 2.24) is 0 Å². The fraction of sp³-hybridized carbons (Fsp3) is 0.111. The molecule has 1 N–H and O–H groups in total. The first-order valence-corrected chi connectivity index (χ1v) is 8.54. The van der Waals surface area contributed by atoms with Gasteiger partial charge >= 0.3 is 0 Å². The van der Waals surface area contributed by atoms with Gasteiger partial charge in [0.05, 0.1) is 13.4 Å². The Bertz CT molecular complexity index is 797. The van der Waals surface area contributed by atoms with Gasteiger partial charge in [0.15, 0.2) is 12.4 Å². The smallest absolute Gasteiger partial charge is 0.217 e. The average molecular weight is 379 g/mol. The summed E-state index contributed by atoms with van der Waals surface area (Å²) in [5, 5.41) is 7.33. The number of nitrogens with zero attached hydrogens (tertiary/aromatic N) is 1. The molecule has 7 nitrogen and oxygen atoms in total. The van der Waals surface area contributed by atoms with Crippen LogP contribution in [0, 0.1) is 0 Å². The highest BCUT2D eigenvalue weighted by atomic mass is 32.3. The van der Waals surface area contributed by atoms with E-state index in [0.717, 1.165) is 30.8 Å². The lowest BCUT2D eigenvalue weighted by Gasteiger charge is -1.98. The third-order valence-corrected chi connectivity index (χ3v) is 3.16. The molecule has 0 unspecified atom stereocenters. The van der Waals surface area contributed by atoms with Gasteiger partial charge in [-0.3, -0.25) is 8.98 Å². The summed E-state index contributed by atoms with van der Waals surface area (Å²) in [6.07, 6.45) is 9.70. The fourth-order valence-electron chi connectivity index (χ4n) is 1.50. The van der Waals surface area contributed by atoms with Crippen LogP contribution in [0.4, 0.5) is 0 Å². The minimum Gasteiger partial charge on any atom is -0.726 e. The Labute approximate surface area is 153 Å². The molecule has 0 spiro atoms. The molecule has 0 aliphatic rings. The monoisotopic (exact) mass is 379 g/mol. The van der Waals surface area contributed by atoms with Crippen molar-refractivity contribution >= 4 is 28.8 Å². The van der Waals surface area contributed by atoms with Crippen LogP contribution >= 0.6 is 0 Å². The van der Waals surface area contributed by atoms with Gasteiger partial charge in [0.1, 0.15) is 13.3 Å². The summed E-state index contributed by atoms with van der Waals surface area (Å²) in [6, 6.07) is 11.6. The molecule has 8 heteroatoms. The third kappa shape index (κ3) is 11.7. The minimum atomic E-state index is -4.41. The summed E-state index contributed by atoms with van der Waals surface area (Å²) in [4.78, 5) is 10.5. The highest BCUT2D eigenvalue weighted by molar-refractivity contribution is 7.80. The Hall–Kier alpha value is -2.81. The van der Waals surface area contributed by atoms with Crippen LogP contribution in [-0.4, -0.2) is 31.5 Å². The van der Waals surface area contributed by atoms with Crippen molar-refractivity contribution < 1.29 is 31.6 Å². The summed E-state index contributed by atoms with van der Waals surface area (Å²) in [6.45, 7) is 2.92. The molecule has 1 aromatic heterocycles. The lowest BCUT2D eigenvalue weighted by Crippen LogP contribution is -2.25. The molecule has 2 aromatic rings. The van der Waals surface area contributed by atoms with Crippen molar-refractivity contribution in [3.63, 3.8) is 0 Å². The Kier molecular flexibility index (Phi) is 11.2. The number of hydrogen-bond acceptors (Lipinski definition) is 6. The number of carbonyl (C=O) groups is 1. The molecule has 0 radical (unpaired) electrons. The van der Waals surface area contributed by atoms with Crippen LogP contribution in [0.2, 0.25) is 0 Å².